The summed E-state index contributed by atoms with van der Waals surface area (Å²) in [5, 5.41) is 10.9. The van der Waals surface area contributed by atoms with Gasteiger partial charge in [-0.15, -0.1) is 0 Å². The van der Waals surface area contributed by atoms with Crippen molar-refractivity contribution in [1.82, 2.24) is 19.7 Å². The first-order valence-corrected chi connectivity index (χ1v) is 11.2. The van der Waals surface area contributed by atoms with Gasteiger partial charge in [-0.3, -0.25) is 0 Å². The van der Waals surface area contributed by atoms with Crippen molar-refractivity contribution in [3.63, 3.8) is 0 Å². The molecule has 11 heteroatoms. The Hall–Kier alpha value is -3.86. The molecule has 0 amide bonds. The largest absolute Gasteiger partial charge is 0.381 e. The maximum atomic E-state index is 14.3. The maximum absolute atomic E-state index is 14.3. The van der Waals surface area contributed by atoms with Crippen molar-refractivity contribution in [1.29, 1.82) is 0 Å². The van der Waals surface area contributed by atoms with Gasteiger partial charge in [0.1, 0.15) is 11.5 Å². The van der Waals surface area contributed by atoms with Gasteiger partial charge < -0.3 is 20.3 Å². The number of nitrogens with one attached hydrogen (secondary N) is 2. The van der Waals surface area contributed by atoms with Crippen LogP contribution in [0, 0.1) is 17.5 Å². The Morgan fingerprint density at radius 2 is 1.69 bits per heavy atom. The number of halogens is 3. The summed E-state index contributed by atoms with van der Waals surface area (Å²) in [4.78, 5) is 11.0. The van der Waals surface area contributed by atoms with Crippen LogP contribution in [0.15, 0.2) is 42.6 Å². The number of anilines is 5. The molecule has 0 spiro atoms. The molecule has 0 radical (unpaired) electrons. The number of nitrogens with zero attached hydrogens (tertiary/aromatic N) is 5. The molecule has 2 aromatic heterocycles. The second-order valence-electron chi connectivity index (χ2n) is 8.50. The van der Waals surface area contributed by atoms with Crippen molar-refractivity contribution in [2.45, 2.75) is 18.9 Å². The average molecular weight is 483 g/mol. The lowest BCUT2D eigenvalue weighted by molar-refractivity contribution is 0.0674. The molecule has 35 heavy (non-hydrogen) atoms. The van der Waals surface area contributed by atoms with E-state index in [-0.39, 0.29) is 11.9 Å². The Kier molecular flexibility index (Phi) is 6.16. The summed E-state index contributed by atoms with van der Waals surface area (Å²) in [6, 6.07) is 9.01. The molecule has 0 saturated carbocycles. The third-order valence-corrected chi connectivity index (χ3v) is 5.88. The molecule has 4 aromatic rings. The first-order valence-electron chi connectivity index (χ1n) is 11.2. The van der Waals surface area contributed by atoms with Crippen molar-refractivity contribution in [2.24, 2.45) is 0 Å². The zero-order valence-corrected chi connectivity index (χ0v) is 19.2. The lowest BCUT2D eigenvalue weighted by Crippen LogP contribution is -2.21. The van der Waals surface area contributed by atoms with Crippen LogP contribution >= 0.6 is 0 Å². The summed E-state index contributed by atoms with van der Waals surface area (Å²) in [6.45, 7) is 1.15. The van der Waals surface area contributed by atoms with Crippen LogP contribution in [0.4, 0.5) is 42.0 Å². The third-order valence-electron chi connectivity index (χ3n) is 5.88. The van der Waals surface area contributed by atoms with E-state index in [4.69, 9.17) is 4.74 Å². The molecule has 2 aromatic carbocycles. The van der Waals surface area contributed by atoms with Gasteiger partial charge in [-0.1, -0.05) is 0 Å². The fourth-order valence-electron chi connectivity index (χ4n) is 4.01. The monoisotopic (exact) mass is 483 g/mol. The minimum absolute atomic E-state index is 0.00756. The van der Waals surface area contributed by atoms with Crippen LogP contribution in [0.25, 0.3) is 11.0 Å². The molecule has 0 atom stereocenters. The first-order chi connectivity index (χ1) is 16.9. The van der Waals surface area contributed by atoms with Gasteiger partial charge in [0.25, 0.3) is 0 Å². The molecule has 3 heterocycles. The fourth-order valence-corrected chi connectivity index (χ4v) is 4.01. The molecule has 1 saturated heterocycles. The zero-order chi connectivity index (χ0) is 24.5. The number of fused-ring (bicyclic) bond motifs is 1. The standard InChI is InChI=1S/C24H24F3N7O/c1-33(2)16-5-3-15(4-6-16)29-24-28-13-18-22(30-21-19(26)11-14(25)12-20(21)27)32-34(23(18)31-24)17-7-9-35-10-8-17/h3-6,11-13,17H,7-10H2,1-2H3,(H,30,32)(H,28,29,31). The van der Waals surface area contributed by atoms with E-state index in [1.807, 2.05) is 43.3 Å². The second-order valence-corrected chi connectivity index (χ2v) is 8.50. The van der Waals surface area contributed by atoms with E-state index in [1.165, 1.54) is 0 Å². The number of hydrogen-bond donors (Lipinski definition) is 2. The van der Waals surface area contributed by atoms with Crippen molar-refractivity contribution in [3.8, 4) is 0 Å². The van der Waals surface area contributed by atoms with E-state index in [0.29, 0.717) is 55.2 Å². The van der Waals surface area contributed by atoms with Crippen molar-refractivity contribution in [2.75, 3.05) is 42.8 Å². The van der Waals surface area contributed by atoms with Crippen LogP contribution in [0.5, 0.6) is 0 Å². The molecule has 182 valence electrons. The molecule has 1 fully saturated rings. The fraction of sp³-hybridized carbons (Fsp3) is 0.292. The topological polar surface area (TPSA) is 80.1 Å². The number of ether oxygens (including phenoxy) is 1. The number of hydrogen-bond acceptors (Lipinski definition) is 7. The summed E-state index contributed by atoms with van der Waals surface area (Å²) in [7, 11) is 3.93. The van der Waals surface area contributed by atoms with Gasteiger partial charge >= 0.3 is 0 Å². The average Bonchev–Trinajstić information content (AvgIpc) is 3.20. The highest BCUT2D eigenvalue weighted by Crippen LogP contribution is 2.32. The normalized spacial score (nSPS) is 14.3. The SMILES string of the molecule is CN(C)c1ccc(Nc2ncc3c(Nc4c(F)cc(F)cc4F)nn(C4CCOCC4)c3n2)cc1. The highest BCUT2D eigenvalue weighted by atomic mass is 19.1. The lowest BCUT2D eigenvalue weighted by Gasteiger charge is -2.22. The number of rotatable bonds is 6. The van der Waals surface area contributed by atoms with Gasteiger partial charge in [0.15, 0.2) is 23.1 Å². The zero-order valence-electron chi connectivity index (χ0n) is 19.2. The van der Waals surface area contributed by atoms with Gasteiger partial charge in [-0.25, -0.2) is 22.8 Å². The van der Waals surface area contributed by atoms with Gasteiger partial charge in [0, 0.05) is 57.0 Å². The van der Waals surface area contributed by atoms with Crippen molar-refractivity contribution in [3.05, 3.63) is 60.0 Å². The Bertz CT molecular complexity index is 1330. The first kappa shape index (κ1) is 22.9. The Morgan fingerprint density at radius 1 is 1.00 bits per heavy atom. The molecule has 5 rings (SSSR count). The maximum Gasteiger partial charge on any atom is 0.229 e. The van der Waals surface area contributed by atoms with Crippen LogP contribution in [0.1, 0.15) is 18.9 Å². The smallest absolute Gasteiger partial charge is 0.229 e. The van der Waals surface area contributed by atoms with Crippen LogP contribution in [0.3, 0.4) is 0 Å². The van der Waals surface area contributed by atoms with E-state index in [9.17, 15) is 13.2 Å². The predicted molar refractivity (Wildman–Crippen MR) is 128 cm³/mol. The van der Waals surface area contributed by atoms with E-state index in [0.717, 1.165) is 11.4 Å². The molecular weight excluding hydrogens is 459 g/mol. The third kappa shape index (κ3) is 4.72. The Labute approximate surface area is 199 Å². The molecule has 0 aliphatic carbocycles. The summed E-state index contributed by atoms with van der Waals surface area (Å²) < 4.78 is 49.2. The van der Waals surface area contributed by atoms with Gasteiger partial charge in [-0.2, -0.15) is 10.1 Å². The van der Waals surface area contributed by atoms with Crippen LogP contribution in [0.2, 0.25) is 0 Å². The molecule has 2 N–H and O–H groups in total. The quantitative estimate of drug-likeness (QED) is 0.393. The van der Waals surface area contributed by atoms with E-state index < -0.39 is 23.1 Å². The summed E-state index contributed by atoms with van der Waals surface area (Å²) in [6.07, 6.45) is 2.98. The molecule has 0 unspecified atom stereocenters. The van der Waals surface area contributed by atoms with E-state index in [2.05, 4.69) is 25.7 Å². The molecule has 8 nitrogen and oxygen atoms in total. The van der Waals surface area contributed by atoms with Gasteiger partial charge in [0.2, 0.25) is 5.95 Å². The summed E-state index contributed by atoms with van der Waals surface area (Å²) in [5.74, 6) is -2.58. The lowest BCUT2D eigenvalue weighted by atomic mass is 10.1. The van der Waals surface area contributed by atoms with Gasteiger partial charge in [-0.05, 0) is 37.1 Å². The van der Waals surface area contributed by atoms with E-state index >= 15 is 0 Å². The summed E-state index contributed by atoms with van der Waals surface area (Å²) >= 11 is 0. The van der Waals surface area contributed by atoms with Crippen LogP contribution in [-0.4, -0.2) is 47.1 Å². The molecular formula is C24H24F3N7O. The highest BCUT2D eigenvalue weighted by molar-refractivity contribution is 5.90. The number of aromatic nitrogens is 4. The Balaban J connectivity index is 1.52. The summed E-state index contributed by atoms with van der Waals surface area (Å²) in [5.41, 5.74) is 1.87. The molecule has 1 aliphatic heterocycles. The highest BCUT2D eigenvalue weighted by Gasteiger charge is 2.24. The molecule has 0 bridgehead atoms. The van der Waals surface area contributed by atoms with Crippen molar-refractivity contribution >= 4 is 39.9 Å². The second kappa shape index (κ2) is 9.41. The van der Waals surface area contributed by atoms with Crippen LogP contribution < -0.4 is 15.5 Å². The molecule has 1 aliphatic rings. The van der Waals surface area contributed by atoms with E-state index in [1.54, 1.807) is 10.9 Å². The number of benzene rings is 2. The minimum Gasteiger partial charge on any atom is -0.381 e. The van der Waals surface area contributed by atoms with Gasteiger partial charge in [0.05, 0.1) is 11.4 Å². The van der Waals surface area contributed by atoms with Crippen molar-refractivity contribution < 1.29 is 17.9 Å². The van der Waals surface area contributed by atoms with Crippen LogP contribution in [-0.2, 0) is 4.74 Å². The minimum atomic E-state index is -1.06. The Morgan fingerprint density at radius 3 is 2.34 bits per heavy atom. The predicted octanol–water partition coefficient (Wildman–Crippen LogP) is 5.15.